The van der Waals surface area contributed by atoms with Gasteiger partial charge in [-0.2, -0.15) is 0 Å². The van der Waals surface area contributed by atoms with E-state index in [1.807, 2.05) is 37.3 Å². The Balaban J connectivity index is 1.78. The van der Waals surface area contributed by atoms with E-state index in [1.165, 1.54) is 16.8 Å². The largest absolute Gasteiger partial charge is 0.319 e. The van der Waals surface area contributed by atoms with Crippen LogP contribution in [0.25, 0.3) is 17.1 Å². The molecule has 144 valence electrons. The first-order valence-corrected chi connectivity index (χ1v) is 9.25. The van der Waals surface area contributed by atoms with Crippen LogP contribution in [0.1, 0.15) is 16.2 Å². The molecule has 0 unspecified atom stereocenters. The van der Waals surface area contributed by atoms with Gasteiger partial charge in [0.15, 0.2) is 5.82 Å². The molecule has 0 bridgehead atoms. The normalized spacial score (nSPS) is 10.7. The van der Waals surface area contributed by atoms with E-state index in [4.69, 9.17) is 11.6 Å². The number of amides is 1. The molecule has 0 spiro atoms. The Bertz CT molecular complexity index is 1190. The third-order valence-corrected chi connectivity index (χ3v) is 4.59. The van der Waals surface area contributed by atoms with Gasteiger partial charge in [0.2, 0.25) is 5.82 Å². The zero-order valence-corrected chi connectivity index (χ0v) is 16.2. The van der Waals surface area contributed by atoms with E-state index >= 15 is 0 Å². The molecule has 4 rings (SSSR count). The van der Waals surface area contributed by atoms with Crippen molar-refractivity contribution in [3.05, 3.63) is 95.0 Å². The molecule has 1 aromatic heterocycles. The summed E-state index contributed by atoms with van der Waals surface area (Å²) in [5.41, 5.74) is 2.86. The maximum atomic E-state index is 13.4. The second-order valence-corrected chi connectivity index (χ2v) is 6.86. The highest BCUT2D eigenvalue weighted by atomic mass is 35.5. The number of carbonyl (C=O) groups is 1. The molecule has 0 radical (unpaired) electrons. The molecule has 0 saturated carbocycles. The Morgan fingerprint density at radius 1 is 1.03 bits per heavy atom. The van der Waals surface area contributed by atoms with Crippen LogP contribution in [0.3, 0.4) is 0 Å². The predicted molar refractivity (Wildman–Crippen MR) is 111 cm³/mol. The van der Waals surface area contributed by atoms with E-state index in [9.17, 15) is 9.18 Å². The van der Waals surface area contributed by atoms with E-state index in [-0.39, 0.29) is 11.6 Å². The molecule has 1 N–H and O–H groups in total. The molecule has 3 aromatic carbocycles. The van der Waals surface area contributed by atoms with Crippen molar-refractivity contribution in [1.82, 2.24) is 14.8 Å². The molecular formula is C22H16ClFN4O. The van der Waals surface area contributed by atoms with Crippen molar-refractivity contribution in [3.8, 4) is 17.1 Å². The fraction of sp³-hybridized carbons (Fsp3) is 0.0455. The number of aryl methyl sites for hydroxylation is 1. The number of hydrogen-bond acceptors (Lipinski definition) is 3. The smallest absolute Gasteiger partial charge is 0.295 e. The summed E-state index contributed by atoms with van der Waals surface area (Å²) < 4.78 is 14.9. The van der Waals surface area contributed by atoms with Crippen LogP contribution in [0, 0.1) is 12.7 Å². The zero-order chi connectivity index (χ0) is 20.4. The van der Waals surface area contributed by atoms with Crippen molar-refractivity contribution >= 4 is 23.2 Å². The van der Waals surface area contributed by atoms with Crippen LogP contribution < -0.4 is 5.32 Å². The van der Waals surface area contributed by atoms with Crippen LogP contribution in [0.4, 0.5) is 10.1 Å². The highest BCUT2D eigenvalue weighted by Crippen LogP contribution is 2.24. The lowest BCUT2D eigenvalue weighted by atomic mass is 10.2. The summed E-state index contributed by atoms with van der Waals surface area (Å²) in [6.07, 6.45) is 0. The molecule has 0 saturated heterocycles. The van der Waals surface area contributed by atoms with Crippen LogP contribution in [0.5, 0.6) is 0 Å². The lowest BCUT2D eigenvalue weighted by Gasteiger charge is -2.06. The molecule has 7 heteroatoms. The Morgan fingerprint density at radius 2 is 1.79 bits per heavy atom. The van der Waals surface area contributed by atoms with Gasteiger partial charge in [-0.15, -0.1) is 5.10 Å². The number of carbonyl (C=O) groups excluding carboxylic acids is 1. The van der Waals surface area contributed by atoms with Crippen molar-refractivity contribution in [2.45, 2.75) is 6.92 Å². The second-order valence-electron chi connectivity index (χ2n) is 6.43. The van der Waals surface area contributed by atoms with Crippen LogP contribution in [0.15, 0.2) is 72.8 Å². The van der Waals surface area contributed by atoms with Crippen molar-refractivity contribution in [1.29, 1.82) is 0 Å². The van der Waals surface area contributed by atoms with E-state index in [1.54, 1.807) is 30.3 Å². The van der Waals surface area contributed by atoms with E-state index in [2.05, 4.69) is 15.4 Å². The van der Waals surface area contributed by atoms with Crippen LogP contribution in [-0.2, 0) is 0 Å². The molecule has 1 heterocycles. The summed E-state index contributed by atoms with van der Waals surface area (Å²) in [5, 5.41) is 7.73. The number of nitrogens with zero attached hydrogens (tertiary/aromatic N) is 3. The Hall–Kier alpha value is -3.51. The van der Waals surface area contributed by atoms with Gasteiger partial charge in [-0.3, -0.25) is 4.79 Å². The lowest BCUT2D eigenvalue weighted by Crippen LogP contribution is -2.15. The van der Waals surface area contributed by atoms with Gasteiger partial charge in [0, 0.05) is 16.3 Å². The van der Waals surface area contributed by atoms with E-state index in [0.717, 1.165) is 5.56 Å². The average molecular weight is 407 g/mol. The molecule has 0 fully saturated rings. The topological polar surface area (TPSA) is 59.8 Å². The Labute approximate surface area is 171 Å². The monoisotopic (exact) mass is 406 g/mol. The molecule has 1 amide bonds. The highest BCUT2D eigenvalue weighted by molar-refractivity contribution is 6.30. The number of rotatable bonds is 4. The van der Waals surface area contributed by atoms with Gasteiger partial charge in [0.25, 0.3) is 5.91 Å². The van der Waals surface area contributed by atoms with Gasteiger partial charge >= 0.3 is 0 Å². The summed E-state index contributed by atoms with van der Waals surface area (Å²) >= 11 is 6.12. The average Bonchev–Trinajstić information content (AvgIpc) is 3.16. The quantitative estimate of drug-likeness (QED) is 0.501. The SMILES string of the molecule is Cc1ccccc1NC(=O)c1nc(-c2cccc(Cl)c2)n(-c2ccc(F)cc2)n1. The Morgan fingerprint density at radius 3 is 2.52 bits per heavy atom. The van der Waals surface area contributed by atoms with Crippen LogP contribution >= 0.6 is 11.6 Å². The standard InChI is InChI=1S/C22H16ClFN4O/c1-14-5-2-3-8-19(14)25-22(29)20-26-21(15-6-4-7-16(23)13-15)28(27-20)18-11-9-17(24)10-12-18/h2-13H,1H3,(H,25,29). The molecule has 0 atom stereocenters. The minimum absolute atomic E-state index is 0.00689. The number of benzene rings is 3. The maximum absolute atomic E-state index is 13.4. The van der Waals surface area contributed by atoms with Gasteiger partial charge in [-0.1, -0.05) is 41.9 Å². The third-order valence-electron chi connectivity index (χ3n) is 4.36. The molecule has 0 aliphatic heterocycles. The molecule has 29 heavy (non-hydrogen) atoms. The molecule has 4 aromatic rings. The number of halogens is 2. The summed E-state index contributed by atoms with van der Waals surface area (Å²) in [6, 6.07) is 20.3. The van der Waals surface area contributed by atoms with Crippen molar-refractivity contribution in [2.24, 2.45) is 0 Å². The number of aromatic nitrogens is 3. The van der Waals surface area contributed by atoms with Gasteiger partial charge < -0.3 is 5.32 Å². The van der Waals surface area contributed by atoms with Crippen LogP contribution in [0.2, 0.25) is 5.02 Å². The fourth-order valence-electron chi connectivity index (χ4n) is 2.88. The highest BCUT2D eigenvalue weighted by Gasteiger charge is 2.19. The summed E-state index contributed by atoms with van der Waals surface area (Å²) in [4.78, 5) is 17.2. The minimum Gasteiger partial charge on any atom is -0.319 e. The lowest BCUT2D eigenvalue weighted by molar-refractivity contribution is 0.101. The van der Waals surface area contributed by atoms with Crippen molar-refractivity contribution < 1.29 is 9.18 Å². The first-order chi connectivity index (χ1) is 14.0. The number of anilines is 1. The second kappa shape index (κ2) is 7.85. The number of hydrogen-bond donors (Lipinski definition) is 1. The van der Waals surface area contributed by atoms with Crippen LogP contribution in [-0.4, -0.2) is 20.7 Å². The van der Waals surface area contributed by atoms with Crippen molar-refractivity contribution in [2.75, 3.05) is 5.32 Å². The van der Waals surface area contributed by atoms with Crippen molar-refractivity contribution in [3.63, 3.8) is 0 Å². The van der Waals surface area contributed by atoms with E-state index in [0.29, 0.717) is 27.8 Å². The number of para-hydroxylation sites is 1. The molecular weight excluding hydrogens is 391 g/mol. The third kappa shape index (κ3) is 4.02. The number of nitrogens with one attached hydrogen (secondary N) is 1. The maximum Gasteiger partial charge on any atom is 0.295 e. The molecule has 0 aliphatic carbocycles. The first kappa shape index (κ1) is 18.8. The van der Waals surface area contributed by atoms with Gasteiger partial charge in [-0.05, 0) is 55.0 Å². The first-order valence-electron chi connectivity index (χ1n) is 8.87. The molecule has 0 aliphatic rings. The molecule has 5 nitrogen and oxygen atoms in total. The summed E-state index contributed by atoms with van der Waals surface area (Å²) in [5.74, 6) is -0.388. The summed E-state index contributed by atoms with van der Waals surface area (Å²) in [7, 11) is 0. The van der Waals surface area contributed by atoms with Gasteiger partial charge in [-0.25, -0.2) is 14.1 Å². The Kier molecular flexibility index (Phi) is 5.10. The zero-order valence-electron chi connectivity index (χ0n) is 15.4. The van der Waals surface area contributed by atoms with E-state index < -0.39 is 5.91 Å². The van der Waals surface area contributed by atoms with Gasteiger partial charge in [0.1, 0.15) is 5.82 Å². The summed E-state index contributed by atoms with van der Waals surface area (Å²) in [6.45, 7) is 1.90. The minimum atomic E-state index is -0.441. The fourth-order valence-corrected chi connectivity index (χ4v) is 3.07. The van der Waals surface area contributed by atoms with Gasteiger partial charge in [0.05, 0.1) is 5.69 Å². The predicted octanol–water partition coefficient (Wildman–Crippen LogP) is 5.29.